The Bertz CT molecular complexity index is 1990. The summed E-state index contributed by atoms with van der Waals surface area (Å²) in [4.78, 5) is 72.5. The van der Waals surface area contributed by atoms with Crippen LogP contribution in [0.3, 0.4) is 0 Å². The van der Waals surface area contributed by atoms with Gasteiger partial charge in [-0.2, -0.15) is 0 Å². The van der Waals surface area contributed by atoms with Gasteiger partial charge in [-0.05, 0) is 52.0 Å². The monoisotopic (exact) mass is 868 g/mol. The number of amides is 4. The molecule has 1 saturated heterocycles. The Morgan fingerprint density at radius 2 is 1.44 bits per heavy atom. The zero-order valence-corrected chi connectivity index (χ0v) is 38.7. The number of benzene rings is 3. The Morgan fingerprint density at radius 3 is 2.00 bits per heavy atom. The van der Waals surface area contributed by atoms with Crippen LogP contribution in [0.25, 0.3) is 11.1 Å². The quantitative estimate of drug-likeness (QED) is 0.125. The second-order valence-electron chi connectivity index (χ2n) is 18.1. The second kappa shape index (κ2) is 21.9. The van der Waals surface area contributed by atoms with Gasteiger partial charge in [0.15, 0.2) is 0 Å². The summed E-state index contributed by atoms with van der Waals surface area (Å²) in [6.45, 7) is 12.0. The molecule has 13 nitrogen and oxygen atoms in total. The zero-order valence-electron chi connectivity index (χ0n) is 38.7. The van der Waals surface area contributed by atoms with Crippen LogP contribution in [-0.2, 0) is 44.5 Å². The van der Waals surface area contributed by atoms with Crippen LogP contribution in [0.5, 0.6) is 0 Å². The van der Waals surface area contributed by atoms with Gasteiger partial charge in [-0.25, -0.2) is 9.59 Å². The number of nitrogens with zero attached hydrogens (tertiary/aromatic N) is 2. The van der Waals surface area contributed by atoms with Gasteiger partial charge in [-0.3, -0.25) is 14.4 Å². The molecule has 342 valence electrons. The summed E-state index contributed by atoms with van der Waals surface area (Å²) in [5.74, 6) is -2.40. The first-order valence-electron chi connectivity index (χ1n) is 22.2. The van der Waals surface area contributed by atoms with Gasteiger partial charge in [0, 0.05) is 40.2 Å². The van der Waals surface area contributed by atoms with Crippen molar-refractivity contribution in [3.05, 3.63) is 95.6 Å². The van der Waals surface area contributed by atoms with Gasteiger partial charge in [0.1, 0.15) is 18.7 Å². The fourth-order valence-electron chi connectivity index (χ4n) is 9.40. The molecule has 13 heteroatoms. The largest absolute Gasteiger partial charge is 0.467 e. The molecule has 3 aromatic rings. The SMILES string of the molecule is CC[C@H](C)[C@@H]([C@@H](CC(=O)N1CCC[C@H]1[C@H](OC)[C@@H](C)C(=O)N[C@@H](Cc1ccccc1)C(=O)OC)OC)N(C)C(=O)[C@@H](NC(=O)OCC1c2ccccc2-c2ccccc21)C(C)(C)C. The van der Waals surface area contributed by atoms with Crippen LogP contribution >= 0.6 is 0 Å². The highest BCUT2D eigenvalue weighted by Crippen LogP contribution is 2.44. The zero-order chi connectivity index (χ0) is 46.0. The number of methoxy groups -OCH3 is 3. The standard InChI is InChI=1S/C50H68N4O9/c1-11-31(2)43(53(7)47(57)45(50(4,5)6)52-49(59)63-30-38-36-24-17-15-22-34(36)35-23-16-18-25-37(35)38)41(60-8)29-42(55)54-27-19-26-40(54)44(61-9)32(3)46(56)51-39(48(58)62-10)28-33-20-13-12-14-21-33/h12-18,20-25,31-32,38-41,43-45H,11,19,26-30H2,1-10H3,(H,51,56)(H,52,59)/t31-,32+,39-,40-,41+,43-,44+,45+/m0/s1. The number of ether oxygens (including phenoxy) is 4. The minimum absolute atomic E-state index is 0.0296. The summed E-state index contributed by atoms with van der Waals surface area (Å²) < 4.78 is 22.9. The van der Waals surface area contributed by atoms with E-state index in [1.807, 2.05) is 89.2 Å². The molecule has 2 aliphatic rings. The van der Waals surface area contributed by atoms with Gasteiger partial charge >= 0.3 is 12.1 Å². The average molecular weight is 869 g/mol. The average Bonchev–Trinajstić information content (AvgIpc) is 3.89. The maximum absolute atomic E-state index is 14.6. The molecular formula is C50H68N4O9. The van der Waals surface area contributed by atoms with Gasteiger partial charge in [0.05, 0.1) is 43.7 Å². The van der Waals surface area contributed by atoms with Crippen LogP contribution in [0.15, 0.2) is 78.9 Å². The highest BCUT2D eigenvalue weighted by Gasteiger charge is 2.44. The Balaban J connectivity index is 1.27. The number of nitrogens with one attached hydrogen (secondary N) is 2. The Hall–Kier alpha value is -5.27. The van der Waals surface area contributed by atoms with E-state index in [9.17, 15) is 24.0 Å². The van der Waals surface area contributed by atoms with Crippen molar-refractivity contribution in [2.45, 2.75) is 116 Å². The minimum Gasteiger partial charge on any atom is -0.467 e. The van der Waals surface area contributed by atoms with Crippen LogP contribution in [-0.4, -0.2) is 117 Å². The normalized spacial score (nSPS) is 18.1. The fourth-order valence-corrected chi connectivity index (χ4v) is 9.40. The third-order valence-corrected chi connectivity index (χ3v) is 13.1. The van der Waals surface area contributed by atoms with Gasteiger partial charge < -0.3 is 39.4 Å². The molecule has 5 rings (SSSR count). The molecule has 0 spiro atoms. The predicted octanol–water partition coefficient (Wildman–Crippen LogP) is 6.76. The first kappa shape index (κ1) is 48.8. The lowest BCUT2D eigenvalue weighted by molar-refractivity contribution is -0.148. The number of carbonyl (C=O) groups is 5. The number of esters is 1. The van der Waals surface area contributed by atoms with Crippen molar-refractivity contribution in [1.82, 2.24) is 20.4 Å². The van der Waals surface area contributed by atoms with Crippen molar-refractivity contribution in [2.24, 2.45) is 17.3 Å². The lowest BCUT2D eigenvalue weighted by atomic mass is 9.84. The van der Waals surface area contributed by atoms with Crippen LogP contribution in [0.1, 0.15) is 89.8 Å². The van der Waals surface area contributed by atoms with Crippen molar-refractivity contribution < 1.29 is 42.9 Å². The number of fused-ring (bicyclic) bond motifs is 3. The van der Waals surface area contributed by atoms with E-state index >= 15 is 0 Å². The molecule has 0 bridgehead atoms. The van der Waals surface area contributed by atoms with Crippen molar-refractivity contribution >= 4 is 29.8 Å². The van der Waals surface area contributed by atoms with Gasteiger partial charge in [-0.15, -0.1) is 0 Å². The van der Waals surface area contributed by atoms with E-state index in [1.54, 1.807) is 30.9 Å². The molecular weight excluding hydrogens is 801 g/mol. The maximum Gasteiger partial charge on any atom is 0.407 e. The number of hydrogen-bond donors (Lipinski definition) is 2. The summed E-state index contributed by atoms with van der Waals surface area (Å²) in [6, 6.07) is 22.8. The van der Waals surface area contributed by atoms with Gasteiger partial charge in [0.2, 0.25) is 17.7 Å². The highest BCUT2D eigenvalue weighted by molar-refractivity contribution is 5.88. The molecule has 4 amide bonds. The predicted molar refractivity (Wildman–Crippen MR) is 242 cm³/mol. The van der Waals surface area contributed by atoms with E-state index in [-0.39, 0.29) is 49.0 Å². The molecule has 1 aliphatic heterocycles. The van der Waals surface area contributed by atoms with Crippen LogP contribution in [0, 0.1) is 17.3 Å². The Morgan fingerprint density at radius 1 is 0.841 bits per heavy atom. The highest BCUT2D eigenvalue weighted by atomic mass is 16.5. The van der Waals surface area contributed by atoms with Crippen LogP contribution < -0.4 is 10.6 Å². The third kappa shape index (κ3) is 11.5. The first-order valence-corrected chi connectivity index (χ1v) is 22.2. The number of likely N-dealkylation sites (tertiary alicyclic amines) is 1. The summed E-state index contributed by atoms with van der Waals surface area (Å²) >= 11 is 0. The lowest BCUT2D eigenvalue weighted by Gasteiger charge is -2.42. The van der Waals surface area contributed by atoms with E-state index in [1.165, 1.54) is 14.2 Å². The first-order chi connectivity index (χ1) is 30.1. The van der Waals surface area contributed by atoms with Crippen molar-refractivity contribution in [2.75, 3.05) is 41.5 Å². The molecule has 63 heavy (non-hydrogen) atoms. The third-order valence-electron chi connectivity index (χ3n) is 13.1. The molecule has 1 aliphatic carbocycles. The molecule has 0 unspecified atom stereocenters. The number of hydrogen-bond acceptors (Lipinski definition) is 9. The molecule has 8 atom stereocenters. The fraction of sp³-hybridized carbons (Fsp3) is 0.540. The molecule has 0 aromatic heterocycles. The van der Waals surface area contributed by atoms with Crippen molar-refractivity contribution in [3.63, 3.8) is 0 Å². The Labute approximate surface area is 373 Å². The minimum atomic E-state index is -0.956. The van der Waals surface area contributed by atoms with Crippen LogP contribution in [0.4, 0.5) is 4.79 Å². The van der Waals surface area contributed by atoms with Crippen LogP contribution in [0.2, 0.25) is 0 Å². The molecule has 0 radical (unpaired) electrons. The van der Waals surface area contributed by atoms with E-state index < -0.39 is 59.8 Å². The number of alkyl carbamates (subject to hydrolysis) is 1. The van der Waals surface area contributed by atoms with E-state index in [0.717, 1.165) is 27.8 Å². The smallest absolute Gasteiger partial charge is 0.407 e. The number of rotatable bonds is 19. The number of carbonyl (C=O) groups excluding carboxylic acids is 5. The molecule has 1 fully saturated rings. The van der Waals surface area contributed by atoms with Gasteiger partial charge in [0.25, 0.3) is 0 Å². The lowest BCUT2D eigenvalue weighted by Crippen LogP contribution is -2.59. The van der Waals surface area contributed by atoms with Crippen molar-refractivity contribution in [3.8, 4) is 11.1 Å². The summed E-state index contributed by atoms with van der Waals surface area (Å²) in [5.41, 5.74) is 4.59. The molecule has 0 saturated carbocycles. The topological polar surface area (TPSA) is 153 Å². The van der Waals surface area contributed by atoms with E-state index in [0.29, 0.717) is 25.8 Å². The maximum atomic E-state index is 14.6. The van der Waals surface area contributed by atoms with E-state index in [2.05, 4.69) is 34.9 Å². The molecule has 2 N–H and O–H groups in total. The van der Waals surface area contributed by atoms with Crippen molar-refractivity contribution in [1.29, 1.82) is 0 Å². The van der Waals surface area contributed by atoms with E-state index in [4.69, 9.17) is 18.9 Å². The summed E-state index contributed by atoms with van der Waals surface area (Å²) in [7, 11) is 6.06. The molecule has 3 aromatic carbocycles. The Kier molecular flexibility index (Phi) is 16.9. The summed E-state index contributed by atoms with van der Waals surface area (Å²) in [6.07, 6.45) is 0.193. The summed E-state index contributed by atoms with van der Waals surface area (Å²) in [5, 5.41) is 5.77. The number of likely N-dealkylation sites (N-methyl/N-ethyl adjacent to an activating group) is 1. The molecule has 1 heterocycles. The van der Waals surface area contributed by atoms with Gasteiger partial charge in [-0.1, -0.05) is 127 Å². The second-order valence-corrected chi connectivity index (χ2v) is 18.1.